The Labute approximate surface area is 119 Å². The monoisotopic (exact) mass is 326 g/mol. The van der Waals surface area contributed by atoms with Gasteiger partial charge in [-0.25, -0.2) is 0 Å². The van der Waals surface area contributed by atoms with E-state index in [0.717, 1.165) is 9.63 Å². The molecule has 0 saturated carbocycles. The minimum Gasteiger partial charge on any atom is -0.313 e. The van der Waals surface area contributed by atoms with Crippen molar-refractivity contribution in [2.24, 2.45) is 7.05 Å². The third kappa shape index (κ3) is 2.93. The first-order chi connectivity index (χ1) is 8.61. The van der Waals surface area contributed by atoms with Gasteiger partial charge in [0.2, 0.25) is 0 Å². The predicted octanol–water partition coefficient (Wildman–Crippen LogP) is 3.01. The predicted molar refractivity (Wildman–Crippen MR) is 76.7 cm³/mol. The van der Waals surface area contributed by atoms with Crippen molar-refractivity contribution in [2.45, 2.75) is 23.0 Å². The van der Waals surface area contributed by atoms with Crippen LogP contribution in [0.15, 0.2) is 39.1 Å². The fraction of sp³-hybridized carbons (Fsp3) is 0.333. The van der Waals surface area contributed by atoms with Gasteiger partial charge in [-0.15, -0.1) is 10.2 Å². The molecule has 0 amide bonds. The standard InChI is InChI=1S/C12H15BrN4S/c1-8(14-2)10-5-4-9(13)6-11(10)18-12-16-15-7-17(12)3/h4-8,14H,1-3H3. The van der Waals surface area contributed by atoms with Crippen LogP contribution in [-0.4, -0.2) is 21.8 Å². The molecule has 1 unspecified atom stereocenters. The largest absolute Gasteiger partial charge is 0.313 e. The Bertz CT molecular complexity index is 541. The summed E-state index contributed by atoms with van der Waals surface area (Å²) >= 11 is 5.14. The van der Waals surface area contributed by atoms with Crippen LogP contribution in [0.5, 0.6) is 0 Å². The molecule has 0 aliphatic rings. The van der Waals surface area contributed by atoms with Crippen LogP contribution in [0.2, 0.25) is 0 Å². The zero-order chi connectivity index (χ0) is 13.1. The van der Waals surface area contributed by atoms with Crippen LogP contribution >= 0.6 is 27.7 Å². The molecule has 1 aromatic carbocycles. The molecule has 1 aromatic heterocycles. The molecule has 18 heavy (non-hydrogen) atoms. The summed E-state index contributed by atoms with van der Waals surface area (Å²) in [5.41, 5.74) is 1.26. The zero-order valence-electron chi connectivity index (χ0n) is 10.5. The first-order valence-electron chi connectivity index (χ1n) is 5.60. The van der Waals surface area contributed by atoms with Crippen LogP contribution in [0.4, 0.5) is 0 Å². The molecule has 1 atom stereocenters. The summed E-state index contributed by atoms with van der Waals surface area (Å²) < 4.78 is 2.98. The Morgan fingerprint density at radius 3 is 2.83 bits per heavy atom. The third-order valence-electron chi connectivity index (χ3n) is 2.75. The molecule has 0 radical (unpaired) electrons. The fourth-order valence-corrected chi connectivity index (χ4v) is 3.11. The lowest BCUT2D eigenvalue weighted by atomic mass is 10.1. The van der Waals surface area contributed by atoms with Gasteiger partial charge in [0.15, 0.2) is 5.16 Å². The Kier molecular flexibility index (Phi) is 4.42. The molecule has 1 heterocycles. The highest BCUT2D eigenvalue weighted by Gasteiger charge is 2.12. The van der Waals surface area contributed by atoms with Gasteiger partial charge in [0, 0.05) is 22.5 Å². The lowest BCUT2D eigenvalue weighted by Crippen LogP contribution is -2.13. The van der Waals surface area contributed by atoms with E-state index in [1.54, 1.807) is 18.1 Å². The van der Waals surface area contributed by atoms with Crippen LogP contribution in [0.1, 0.15) is 18.5 Å². The van der Waals surface area contributed by atoms with Crippen molar-refractivity contribution in [1.82, 2.24) is 20.1 Å². The summed E-state index contributed by atoms with van der Waals surface area (Å²) in [6, 6.07) is 6.60. The molecule has 96 valence electrons. The number of rotatable bonds is 4. The molecule has 4 nitrogen and oxygen atoms in total. The van der Waals surface area contributed by atoms with E-state index < -0.39 is 0 Å². The average Bonchev–Trinajstić information content (AvgIpc) is 2.74. The van der Waals surface area contributed by atoms with E-state index in [4.69, 9.17) is 0 Å². The molecule has 6 heteroatoms. The van der Waals surface area contributed by atoms with Crippen molar-refractivity contribution in [3.63, 3.8) is 0 Å². The Hall–Kier alpha value is -0.850. The van der Waals surface area contributed by atoms with Gasteiger partial charge in [-0.2, -0.15) is 0 Å². The zero-order valence-corrected chi connectivity index (χ0v) is 12.9. The summed E-state index contributed by atoms with van der Waals surface area (Å²) in [5, 5.41) is 12.2. The number of hydrogen-bond acceptors (Lipinski definition) is 4. The highest BCUT2D eigenvalue weighted by molar-refractivity contribution is 9.10. The molecule has 0 aliphatic heterocycles. The Balaban J connectivity index is 2.36. The molecule has 2 rings (SSSR count). The van der Waals surface area contributed by atoms with E-state index in [9.17, 15) is 0 Å². The number of benzene rings is 1. The lowest BCUT2D eigenvalue weighted by molar-refractivity contribution is 0.640. The molecule has 2 aromatic rings. The second-order valence-electron chi connectivity index (χ2n) is 4.02. The van der Waals surface area contributed by atoms with E-state index in [1.807, 2.05) is 18.7 Å². The van der Waals surface area contributed by atoms with Gasteiger partial charge in [0.25, 0.3) is 0 Å². The summed E-state index contributed by atoms with van der Waals surface area (Å²) in [4.78, 5) is 1.18. The third-order valence-corrected chi connectivity index (χ3v) is 4.37. The molecular weight excluding hydrogens is 312 g/mol. The first kappa shape index (κ1) is 13.6. The molecule has 0 aliphatic carbocycles. The van der Waals surface area contributed by atoms with Crippen LogP contribution in [0, 0.1) is 0 Å². The smallest absolute Gasteiger partial charge is 0.195 e. The topological polar surface area (TPSA) is 42.7 Å². The molecule has 1 N–H and O–H groups in total. The van der Waals surface area contributed by atoms with Gasteiger partial charge in [0.05, 0.1) is 0 Å². The summed E-state index contributed by atoms with van der Waals surface area (Å²) in [7, 11) is 3.91. The summed E-state index contributed by atoms with van der Waals surface area (Å²) in [6.45, 7) is 2.14. The lowest BCUT2D eigenvalue weighted by Gasteiger charge is -2.15. The molecular formula is C12H15BrN4S. The quantitative estimate of drug-likeness (QED) is 0.937. The highest BCUT2D eigenvalue weighted by atomic mass is 79.9. The number of nitrogens with one attached hydrogen (secondary N) is 1. The number of hydrogen-bond donors (Lipinski definition) is 1. The second kappa shape index (κ2) is 5.86. The summed E-state index contributed by atoms with van der Waals surface area (Å²) in [5.74, 6) is 0. The summed E-state index contributed by atoms with van der Waals surface area (Å²) in [6.07, 6.45) is 1.71. The van der Waals surface area contributed by atoms with Crippen LogP contribution < -0.4 is 5.32 Å². The van der Waals surface area contributed by atoms with E-state index in [2.05, 4.69) is 56.6 Å². The van der Waals surface area contributed by atoms with Gasteiger partial charge in [0.1, 0.15) is 6.33 Å². The number of aryl methyl sites for hydroxylation is 1. The van der Waals surface area contributed by atoms with Crippen molar-refractivity contribution in [3.05, 3.63) is 34.6 Å². The van der Waals surface area contributed by atoms with Crippen LogP contribution in [0.25, 0.3) is 0 Å². The molecule has 0 spiro atoms. The van der Waals surface area contributed by atoms with Crippen molar-refractivity contribution in [1.29, 1.82) is 0 Å². The van der Waals surface area contributed by atoms with E-state index >= 15 is 0 Å². The van der Waals surface area contributed by atoms with Crippen LogP contribution in [0.3, 0.4) is 0 Å². The van der Waals surface area contributed by atoms with Crippen molar-refractivity contribution < 1.29 is 0 Å². The Morgan fingerprint density at radius 1 is 1.44 bits per heavy atom. The second-order valence-corrected chi connectivity index (χ2v) is 5.94. The average molecular weight is 327 g/mol. The van der Waals surface area contributed by atoms with Gasteiger partial charge in [-0.05, 0) is 43.4 Å². The molecule has 0 saturated heterocycles. The Morgan fingerprint density at radius 2 is 2.22 bits per heavy atom. The first-order valence-corrected chi connectivity index (χ1v) is 7.21. The van der Waals surface area contributed by atoms with Gasteiger partial charge >= 0.3 is 0 Å². The maximum Gasteiger partial charge on any atom is 0.195 e. The maximum absolute atomic E-state index is 4.11. The van der Waals surface area contributed by atoms with E-state index in [1.165, 1.54) is 10.5 Å². The van der Waals surface area contributed by atoms with Gasteiger partial charge < -0.3 is 9.88 Å². The highest BCUT2D eigenvalue weighted by Crippen LogP contribution is 2.33. The molecule has 0 fully saturated rings. The maximum atomic E-state index is 4.11. The van der Waals surface area contributed by atoms with Crippen LogP contribution in [-0.2, 0) is 7.05 Å². The van der Waals surface area contributed by atoms with Gasteiger partial charge in [-0.1, -0.05) is 22.0 Å². The minimum atomic E-state index is 0.300. The minimum absolute atomic E-state index is 0.300. The van der Waals surface area contributed by atoms with Crippen molar-refractivity contribution >= 4 is 27.7 Å². The fourth-order valence-electron chi connectivity index (χ4n) is 1.57. The molecule has 0 bridgehead atoms. The van der Waals surface area contributed by atoms with Crippen molar-refractivity contribution in [3.8, 4) is 0 Å². The number of aromatic nitrogens is 3. The number of halogens is 1. The number of nitrogens with zero attached hydrogens (tertiary/aromatic N) is 3. The van der Waals surface area contributed by atoms with E-state index in [-0.39, 0.29) is 0 Å². The normalized spacial score (nSPS) is 12.7. The van der Waals surface area contributed by atoms with Gasteiger partial charge in [-0.3, -0.25) is 0 Å². The van der Waals surface area contributed by atoms with E-state index in [0.29, 0.717) is 6.04 Å². The van der Waals surface area contributed by atoms with Crippen molar-refractivity contribution in [2.75, 3.05) is 7.05 Å². The SMILES string of the molecule is CNC(C)c1ccc(Br)cc1Sc1nncn1C.